The van der Waals surface area contributed by atoms with Crippen molar-refractivity contribution in [2.75, 3.05) is 23.3 Å². The molecule has 27 heavy (non-hydrogen) atoms. The smallest absolute Gasteiger partial charge is 0.232 e. The number of primary amides is 1. The number of nitrogens with two attached hydrogens (primary N) is 1. The number of anilines is 2. The van der Waals surface area contributed by atoms with Crippen LogP contribution in [0.3, 0.4) is 0 Å². The highest BCUT2D eigenvalue weighted by molar-refractivity contribution is 7.13. The topological polar surface area (TPSA) is 145 Å². The quantitative estimate of drug-likeness (QED) is 0.591. The van der Waals surface area contributed by atoms with Crippen LogP contribution in [0.15, 0.2) is 11.7 Å². The number of hydrogen-bond donors (Lipinski definition) is 2. The molecule has 3 N–H and O–H groups in total. The molecule has 0 radical (unpaired) electrons. The van der Waals surface area contributed by atoms with Crippen molar-refractivity contribution in [2.24, 2.45) is 11.7 Å². The van der Waals surface area contributed by atoms with Gasteiger partial charge in [-0.15, -0.1) is 16.4 Å². The average molecular weight is 387 g/mol. The molecule has 0 aromatic carbocycles. The number of carbonyl (C=O) groups is 2. The number of hydrogen-bond acceptors (Lipinski definition) is 9. The number of nitrogens with zero attached hydrogens (tertiary/aromatic N) is 7. The van der Waals surface area contributed by atoms with Crippen LogP contribution in [-0.2, 0) is 22.6 Å². The molecule has 0 aliphatic carbocycles. The van der Waals surface area contributed by atoms with Gasteiger partial charge in [-0.2, -0.15) is 0 Å². The van der Waals surface area contributed by atoms with Gasteiger partial charge in [0.2, 0.25) is 11.8 Å². The molecule has 1 aliphatic rings. The predicted molar refractivity (Wildman–Crippen MR) is 98.1 cm³/mol. The monoisotopic (exact) mass is 387 g/mol. The fraction of sp³-hybridized carbons (Fsp3) is 0.400. The van der Waals surface area contributed by atoms with Gasteiger partial charge in [0.05, 0.1) is 18.0 Å². The van der Waals surface area contributed by atoms with Gasteiger partial charge in [0.25, 0.3) is 0 Å². The minimum Gasteiger partial charge on any atom is -0.369 e. The van der Waals surface area contributed by atoms with Crippen LogP contribution in [0.4, 0.5) is 10.9 Å². The summed E-state index contributed by atoms with van der Waals surface area (Å²) in [7, 11) is 0. The van der Waals surface area contributed by atoms with Gasteiger partial charge in [-0.05, 0) is 6.92 Å². The van der Waals surface area contributed by atoms with E-state index in [1.807, 2.05) is 11.8 Å². The lowest BCUT2D eigenvalue weighted by molar-refractivity contribution is -0.120. The third-order valence-electron chi connectivity index (χ3n) is 4.27. The summed E-state index contributed by atoms with van der Waals surface area (Å²) in [5.74, 6) is -0.0702. The first kappa shape index (κ1) is 17.3. The van der Waals surface area contributed by atoms with Crippen LogP contribution in [0.1, 0.15) is 12.6 Å². The standard InChI is InChI=1S/C15H17N9O2S/c1-2-24-13-11(21-22-24)12(17-7-18-13)23-4-8(5-23)14(26)20-15-19-9(6-27-15)3-10(16)25/h6-8H,2-5H2,1H3,(H2,16,25)(H,19,20,26). The number of thiazole rings is 1. The second-order valence-electron chi connectivity index (χ2n) is 6.15. The zero-order valence-electron chi connectivity index (χ0n) is 14.5. The van der Waals surface area contributed by atoms with Gasteiger partial charge in [-0.3, -0.25) is 9.59 Å². The van der Waals surface area contributed by atoms with Crippen molar-refractivity contribution in [3.63, 3.8) is 0 Å². The normalized spacial score (nSPS) is 14.3. The van der Waals surface area contributed by atoms with Crippen LogP contribution >= 0.6 is 11.3 Å². The van der Waals surface area contributed by atoms with Gasteiger partial charge in [-0.25, -0.2) is 19.6 Å². The maximum atomic E-state index is 12.4. The molecule has 4 rings (SSSR count). The second-order valence-corrected chi connectivity index (χ2v) is 7.01. The third kappa shape index (κ3) is 3.30. The zero-order chi connectivity index (χ0) is 19.0. The number of nitrogens with one attached hydrogen (secondary N) is 1. The van der Waals surface area contributed by atoms with Crippen LogP contribution in [0.5, 0.6) is 0 Å². The Morgan fingerprint density at radius 2 is 2.19 bits per heavy atom. The van der Waals surface area contributed by atoms with Gasteiger partial charge in [0.15, 0.2) is 22.1 Å². The molecular formula is C15H17N9O2S. The first-order valence-corrected chi connectivity index (χ1v) is 9.25. The summed E-state index contributed by atoms with van der Waals surface area (Å²) in [5.41, 5.74) is 7.02. The summed E-state index contributed by atoms with van der Waals surface area (Å²) >= 11 is 1.27. The van der Waals surface area contributed by atoms with E-state index in [0.717, 1.165) is 0 Å². The molecular weight excluding hydrogens is 370 g/mol. The zero-order valence-corrected chi connectivity index (χ0v) is 15.3. The summed E-state index contributed by atoms with van der Waals surface area (Å²) < 4.78 is 1.70. The molecule has 3 aromatic rings. The highest BCUT2D eigenvalue weighted by Crippen LogP contribution is 2.28. The minimum atomic E-state index is -0.455. The predicted octanol–water partition coefficient (Wildman–Crippen LogP) is -0.200. The highest BCUT2D eigenvalue weighted by Gasteiger charge is 2.35. The van der Waals surface area contributed by atoms with Gasteiger partial charge >= 0.3 is 0 Å². The molecule has 3 aromatic heterocycles. The van der Waals surface area contributed by atoms with Crippen molar-refractivity contribution in [1.29, 1.82) is 0 Å². The van der Waals surface area contributed by atoms with Crippen LogP contribution in [0.25, 0.3) is 11.2 Å². The number of amides is 2. The molecule has 1 saturated heterocycles. The Kier molecular flexibility index (Phi) is 4.39. The SMILES string of the molecule is CCn1nnc2c(N3CC(C(=O)Nc4nc(CC(N)=O)cs4)C3)ncnc21. The number of aryl methyl sites for hydroxylation is 1. The second kappa shape index (κ2) is 6.87. The Morgan fingerprint density at radius 3 is 2.93 bits per heavy atom. The molecule has 1 aliphatic heterocycles. The molecule has 1 fully saturated rings. The van der Waals surface area contributed by atoms with E-state index in [4.69, 9.17) is 5.73 Å². The first-order chi connectivity index (χ1) is 13.0. The molecule has 2 amide bonds. The fourth-order valence-electron chi connectivity index (χ4n) is 2.87. The van der Waals surface area contributed by atoms with E-state index < -0.39 is 5.91 Å². The Labute approximate surface area is 157 Å². The summed E-state index contributed by atoms with van der Waals surface area (Å²) in [4.78, 5) is 38.0. The number of aromatic nitrogens is 6. The number of rotatable bonds is 6. The summed E-state index contributed by atoms with van der Waals surface area (Å²) in [6.07, 6.45) is 1.54. The highest BCUT2D eigenvalue weighted by atomic mass is 32.1. The van der Waals surface area contributed by atoms with Crippen molar-refractivity contribution >= 4 is 45.3 Å². The van der Waals surface area contributed by atoms with Gasteiger partial charge in [0, 0.05) is 25.0 Å². The largest absolute Gasteiger partial charge is 0.369 e. The van der Waals surface area contributed by atoms with Crippen molar-refractivity contribution in [3.8, 4) is 0 Å². The molecule has 0 spiro atoms. The molecule has 4 heterocycles. The van der Waals surface area contributed by atoms with Gasteiger partial charge in [-0.1, -0.05) is 5.21 Å². The summed E-state index contributed by atoms with van der Waals surface area (Å²) in [6, 6.07) is 0. The molecule has 0 atom stereocenters. The van der Waals surface area contributed by atoms with Crippen LogP contribution < -0.4 is 16.0 Å². The van der Waals surface area contributed by atoms with Crippen LogP contribution in [0.2, 0.25) is 0 Å². The summed E-state index contributed by atoms with van der Waals surface area (Å²) in [5, 5.41) is 13.2. The van der Waals surface area contributed by atoms with Crippen molar-refractivity contribution in [3.05, 3.63) is 17.4 Å². The molecule has 0 bridgehead atoms. The molecule has 0 unspecified atom stereocenters. The van der Waals surface area contributed by atoms with Crippen LogP contribution in [0, 0.1) is 5.92 Å². The Bertz CT molecular complexity index is 1010. The Balaban J connectivity index is 1.39. The van der Waals surface area contributed by atoms with E-state index in [9.17, 15) is 9.59 Å². The number of carbonyl (C=O) groups excluding carboxylic acids is 2. The Morgan fingerprint density at radius 1 is 1.37 bits per heavy atom. The lowest BCUT2D eigenvalue weighted by Gasteiger charge is -2.38. The lowest BCUT2D eigenvalue weighted by atomic mass is 9.99. The molecule has 11 nitrogen and oxygen atoms in total. The van der Waals surface area contributed by atoms with Crippen molar-refractivity contribution in [2.45, 2.75) is 19.9 Å². The molecule has 0 saturated carbocycles. The minimum absolute atomic E-state index is 0.0612. The summed E-state index contributed by atoms with van der Waals surface area (Å²) in [6.45, 7) is 3.68. The van der Waals surface area contributed by atoms with Crippen molar-refractivity contribution in [1.82, 2.24) is 29.9 Å². The average Bonchev–Trinajstić information content (AvgIpc) is 3.19. The number of fused-ring (bicyclic) bond motifs is 1. The first-order valence-electron chi connectivity index (χ1n) is 8.38. The van der Waals surface area contributed by atoms with Gasteiger partial charge < -0.3 is 16.0 Å². The van der Waals surface area contributed by atoms with E-state index >= 15 is 0 Å². The molecule has 12 heteroatoms. The van der Waals surface area contributed by atoms with Gasteiger partial charge in [0.1, 0.15) is 6.33 Å². The molecule has 140 valence electrons. The van der Waals surface area contributed by atoms with E-state index in [2.05, 4.69) is 30.6 Å². The van der Waals surface area contributed by atoms with E-state index in [1.54, 1.807) is 10.1 Å². The van der Waals surface area contributed by atoms with Crippen molar-refractivity contribution < 1.29 is 9.59 Å². The fourth-order valence-corrected chi connectivity index (χ4v) is 3.59. The van der Waals surface area contributed by atoms with E-state index in [0.29, 0.717) is 47.4 Å². The van der Waals surface area contributed by atoms with E-state index in [1.165, 1.54) is 17.7 Å². The lowest BCUT2D eigenvalue weighted by Crippen LogP contribution is -2.52. The van der Waals surface area contributed by atoms with E-state index in [-0.39, 0.29) is 18.2 Å². The maximum absolute atomic E-state index is 12.4. The third-order valence-corrected chi connectivity index (χ3v) is 5.08. The maximum Gasteiger partial charge on any atom is 0.232 e. The van der Waals surface area contributed by atoms with Crippen LogP contribution in [-0.4, -0.2) is 54.8 Å². The Hall–Kier alpha value is -3.15.